The Bertz CT molecular complexity index is 940. The van der Waals surface area contributed by atoms with Gasteiger partial charge in [-0.25, -0.2) is 9.97 Å². The van der Waals surface area contributed by atoms with E-state index >= 15 is 0 Å². The highest BCUT2D eigenvalue weighted by Gasteiger charge is 2.14. The van der Waals surface area contributed by atoms with Crippen LogP contribution in [0.15, 0.2) is 67.0 Å². The van der Waals surface area contributed by atoms with Crippen LogP contribution in [0.25, 0.3) is 22.6 Å². The van der Waals surface area contributed by atoms with Crippen molar-refractivity contribution in [3.63, 3.8) is 0 Å². The van der Waals surface area contributed by atoms with Crippen LogP contribution in [0.1, 0.15) is 11.3 Å². The summed E-state index contributed by atoms with van der Waals surface area (Å²) in [5, 5.41) is 0. The molecular formula is C19H16N4. The molecule has 4 rings (SSSR count). The maximum atomic E-state index is 4.78. The van der Waals surface area contributed by atoms with Crippen molar-refractivity contribution >= 4 is 11.2 Å². The zero-order chi connectivity index (χ0) is 15.6. The molecule has 0 unspecified atom stereocenters. The zero-order valence-electron chi connectivity index (χ0n) is 12.8. The van der Waals surface area contributed by atoms with Crippen molar-refractivity contribution in [3.8, 4) is 11.4 Å². The van der Waals surface area contributed by atoms with Gasteiger partial charge in [-0.3, -0.25) is 4.98 Å². The van der Waals surface area contributed by atoms with Gasteiger partial charge in [-0.15, -0.1) is 0 Å². The van der Waals surface area contributed by atoms with Crippen molar-refractivity contribution in [2.24, 2.45) is 0 Å². The molecule has 4 nitrogen and oxygen atoms in total. The van der Waals surface area contributed by atoms with Crippen LogP contribution < -0.4 is 0 Å². The molecule has 4 aromatic rings. The lowest BCUT2D eigenvalue weighted by Gasteiger charge is -2.08. The van der Waals surface area contributed by atoms with Crippen molar-refractivity contribution in [2.75, 3.05) is 0 Å². The molecule has 0 fully saturated rings. The molecule has 0 bridgehead atoms. The summed E-state index contributed by atoms with van der Waals surface area (Å²) < 4.78 is 2.13. The summed E-state index contributed by atoms with van der Waals surface area (Å²) in [5.41, 5.74) is 5.10. The van der Waals surface area contributed by atoms with Crippen molar-refractivity contribution in [1.82, 2.24) is 19.5 Å². The first-order valence-electron chi connectivity index (χ1n) is 7.59. The lowest BCUT2D eigenvalue weighted by Crippen LogP contribution is -2.04. The first-order valence-corrected chi connectivity index (χ1v) is 7.59. The van der Waals surface area contributed by atoms with E-state index in [0.717, 1.165) is 28.2 Å². The predicted molar refractivity (Wildman–Crippen MR) is 91.0 cm³/mol. The van der Waals surface area contributed by atoms with Gasteiger partial charge in [0.1, 0.15) is 11.3 Å². The maximum Gasteiger partial charge on any atom is 0.160 e. The third kappa shape index (κ3) is 2.59. The number of benzene rings is 1. The molecule has 4 heteroatoms. The number of aryl methyl sites for hydroxylation is 1. The number of hydrogen-bond donors (Lipinski definition) is 0. The van der Waals surface area contributed by atoms with Crippen molar-refractivity contribution < 1.29 is 0 Å². The van der Waals surface area contributed by atoms with Crippen LogP contribution in [0.3, 0.4) is 0 Å². The summed E-state index contributed by atoms with van der Waals surface area (Å²) in [7, 11) is 0. The van der Waals surface area contributed by atoms with Crippen LogP contribution in [0.4, 0.5) is 0 Å². The highest BCUT2D eigenvalue weighted by molar-refractivity contribution is 5.77. The minimum Gasteiger partial charge on any atom is -0.303 e. The van der Waals surface area contributed by atoms with Crippen molar-refractivity contribution in [1.29, 1.82) is 0 Å². The maximum absolute atomic E-state index is 4.78. The van der Waals surface area contributed by atoms with Crippen molar-refractivity contribution in [2.45, 2.75) is 13.5 Å². The van der Waals surface area contributed by atoms with Gasteiger partial charge >= 0.3 is 0 Å². The molecule has 112 valence electrons. The zero-order valence-corrected chi connectivity index (χ0v) is 12.8. The summed E-state index contributed by atoms with van der Waals surface area (Å²) in [4.78, 5) is 13.7. The molecule has 0 aliphatic carbocycles. The second kappa shape index (κ2) is 5.65. The predicted octanol–water partition coefficient (Wildman–Crippen LogP) is 3.85. The van der Waals surface area contributed by atoms with Crippen LogP contribution in [0, 0.1) is 6.92 Å². The van der Waals surface area contributed by atoms with Gasteiger partial charge in [0.15, 0.2) is 5.65 Å². The second-order valence-electron chi connectivity index (χ2n) is 5.55. The lowest BCUT2D eigenvalue weighted by molar-refractivity contribution is 0.797. The molecule has 0 N–H and O–H groups in total. The summed E-state index contributed by atoms with van der Waals surface area (Å²) in [6, 6.07) is 18.3. The average Bonchev–Trinajstić information content (AvgIpc) is 2.95. The molecule has 0 aliphatic heterocycles. The quantitative estimate of drug-likeness (QED) is 0.577. The SMILES string of the molecule is Cc1ccc(-c2nc3cccnc3n2Cc2ccccn2)cc1. The topological polar surface area (TPSA) is 43.6 Å². The van der Waals surface area contributed by atoms with Gasteiger partial charge in [-0.05, 0) is 31.2 Å². The van der Waals surface area contributed by atoms with E-state index in [-0.39, 0.29) is 0 Å². The number of nitrogens with zero attached hydrogens (tertiary/aromatic N) is 4. The van der Waals surface area contributed by atoms with E-state index in [1.165, 1.54) is 5.56 Å². The second-order valence-corrected chi connectivity index (χ2v) is 5.55. The van der Waals surface area contributed by atoms with E-state index in [0.29, 0.717) is 6.54 Å². The Labute approximate surface area is 134 Å². The smallest absolute Gasteiger partial charge is 0.160 e. The Kier molecular flexibility index (Phi) is 3.35. The molecule has 0 spiro atoms. The fourth-order valence-corrected chi connectivity index (χ4v) is 2.68. The lowest BCUT2D eigenvalue weighted by atomic mass is 10.1. The van der Waals surface area contributed by atoms with E-state index in [2.05, 4.69) is 45.7 Å². The van der Waals surface area contributed by atoms with E-state index < -0.39 is 0 Å². The summed E-state index contributed by atoms with van der Waals surface area (Å²) >= 11 is 0. The number of imidazole rings is 1. The van der Waals surface area contributed by atoms with Gasteiger partial charge in [-0.1, -0.05) is 35.9 Å². The van der Waals surface area contributed by atoms with Gasteiger partial charge in [0.05, 0.1) is 12.2 Å². The Morgan fingerprint density at radius 3 is 2.48 bits per heavy atom. The highest BCUT2D eigenvalue weighted by Crippen LogP contribution is 2.24. The third-order valence-corrected chi connectivity index (χ3v) is 3.86. The monoisotopic (exact) mass is 300 g/mol. The Morgan fingerprint density at radius 2 is 1.70 bits per heavy atom. The fraction of sp³-hybridized carbons (Fsp3) is 0.105. The molecule has 0 atom stereocenters. The van der Waals surface area contributed by atoms with Gasteiger partial charge in [-0.2, -0.15) is 0 Å². The van der Waals surface area contributed by atoms with Crippen molar-refractivity contribution in [3.05, 3.63) is 78.2 Å². The standard InChI is InChI=1S/C19H16N4/c1-14-7-9-15(10-8-14)18-22-17-6-4-12-21-19(17)23(18)13-16-5-2-3-11-20-16/h2-12H,13H2,1H3. The molecule has 0 saturated heterocycles. The first kappa shape index (κ1) is 13.6. The van der Waals surface area contributed by atoms with E-state index in [1.807, 2.05) is 36.5 Å². The van der Waals surface area contributed by atoms with E-state index in [1.54, 1.807) is 6.20 Å². The van der Waals surface area contributed by atoms with Crippen LogP contribution in [0.2, 0.25) is 0 Å². The van der Waals surface area contributed by atoms with E-state index in [9.17, 15) is 0 Å². The van der Waals surface area contributed by atoms with Gasteiger partial charge in [0.2, 0.25) is 0 Å². The summed E-state index contributed by atoms with van der Waals surface area (Å²) in [5.74, 6) is 0.921. The molecule has 0 saturated carbocycles. The average molecular weight is 300 g/mol. The van der Waals surface area contributed by atoms with Gasteiger partial charge in [0.25, 0.3) is 0 Å². The summed E-state index contributed by atoms with van der Waals surface area (Å²) in [6.07, 6.45) is 3.62. The minimum absolute atomic E-state index is 0.650. The number of aromatic nitrogens is 4. The van der Waals surface area contributed by atoms with Crippen LogP contribution in [-0.4, -0.2) is 19.5 Å². The Hall–Kier alpha value is -3.01. The van der Waals surface area contributed by atoms with Crippen LogP contribution in [-0.2, 0) is 6.54 Å². The normalized spacial score (nSPS) is 11.0. The number of rotatable bonds is 3. The molecule has 0 amide bonds. The third-order valence-electron chi connectivity index (χ3n) is 3.86. The molecule has 23 heavy (non-hydrogen) atoms. The Balaban J connectivity index is 1.89. The van der Waals surface area contributed by atoms with Gasteiger partial charge < -0.3 is 4.57 Å². The van der Waals surface area contributed by atoms with Crippen LogP contribution in [0.5, 0.6) is 0 Å². The minimum atomic E-state index is 0.650. The number of hydrogen-bond acceptors (Lipinski definition) is 3. The summed E-state index contributed by atoms with van der Waals surface area (Å²) in [6.45, 7) is 2.74. The van der Waals surface area contributed by atoms with Gasteiger partial charge in [0, 0.05) is 18.0 Å². The number of pyridine rings is 2. The van der Waals surface area contributed by atoms with Crippen LogP contribution >= 0.6 is 0 Å². The number of fused-ring (bicyclic) bond motifs is 1. The Morgan fingerprint density at radius 1 is 0.870 bits per heavy atom. The fourth-order valence-electron chi connectivity index (χ4n) is 2.68. The van der Waals surface area contributed by atoms with E-state index in [4.69, 9.17) is 4.98 Å². The largest absolute Gasteiger partial charge is 0.303 e. The first-order chi connectivity index (χ1) is 11.3. The molecule has 3 heterocycles. The molecule has 3 aromatic heterocycles. The molecule has 1 aromatic carbocycles. The molecule has 0 aliphatic rings. The molecular weight excluding hydrogens is 284 g/mol. The highest BCUT2D eigenvalue weighted by atomic mass is 15.1. The molecule has 0 radical (unpaired) electrons.